The van der Waals surface area contributed by atoms with Gasteiger partial charge in [-0.1, -0.05) is 18.2 Å². The van der Waals surface area contributed by atoms with Gasteiger partial charge in [0, 0.05) is 23.1 Å². The number of amides is 1. The summed E-state index contributed by atoms with van der Waals surface area (Å²) in [5, 5.41) is 3.71. The number of hydrogen-bond donors (Lipinski definition) is 2. The molecular weight excluding hydrogens is 216 g/mol. The van der Waals surface area contributed by atoms with Gasteiger partial charge in [-0.3, -0.25) is 9.59 Å². The first-order chi connectivity index (χ1) is 8.22. The van der Waals surface area contributed by atoms with E-state index in [4.69, 9.17) is 0 Å². The Hall–Kier alpha value is -2.10. The molecule has 0 aliphatic heterocycles. The highest BCUT2D eigenvalue weighted by Crippen LogP contribution is 2.21. The van der Waals surface area contributed by atoms with Gasteiger partial charge in [-0.15, -0.1) is 0 Å². The van der Waals surface area contributed by atoms with Crippen LogP contribution in [-0.2, 0) is 16.0 Å². The topological polar surface area (TPSA) is 62.0 Å². The summed E-state index contributed by atoms with van der Waals surface area (Å²) >= 11 is 0. The number of aromatic nitrogens is 1. The molecule has 2 rings (SSSR count). The van der Waals surface area contributed by atoms with Gasteiger partial charge in [-0.25, -0.2) is 0 Å². The lowest BCUT2D eigenvalue weighted by atomic mass is 10.1. The Labute approximate surface area is 99.0 Å². The number of aromatic amines is 1. The summed E-state index contributed by atoms with van der Waals surface area (Å²) in [7, 11) is 0. The van der Waals surface area contributed by atoms with E-state index in [2.05, 4.69) is 16.4 Å². The molecule has 1 amide bonds. The average Bonchev–Trinajstić information content (AvgIpc) is 2.66. The summed E-state index contributed by atoms with van der Waals surface area (Å²) in [6.07, 6.45) is 1.01. The molecule has 1 aromatic carbocycles. The van der Waals surface area contributed by atoms with Crippen LogP contribution in [0.25, 0.3) is 10.9 Å². The molecule has 88 valence electrons. The molecule has 0 spiro atoms. The Balaban J connectivity index is 2.15. The SMILES string of the molecule is Cc1[nH]c2ccccc2c1CCNC(=O)C=O. The van der Waals surface area contributed by atoms with Gasteiger partial charge in [0.05, 0.1) is 0 Å². The Morgan fingerprint density at radius 2 is 2.18 bits per heavy atom. The van der Waals surface area contributed by atoms with E-state index in [0.29, 0.717) is 12.8 Å². The molecule has 1 heterocycles. The maximum Gasteiger partial charge on any atom is 0.284 e. The van der Waals surface area contributed by atoms with Gasteiger partial charge in [0.1, 0.15) is 0 Å². The highest BCUT2D eigenvalue weighted by Gasteiger charge is 2.07. The van der Waals surface area contributed by atoms with E-state index in [1.165, 1.54) is 10.9 Å². The molecule has 2 aromatic rings. The fraction of sp³-hybridized carbons (Fsp3) is 0.231. The molecule has 0 saturated carbocycles. The number of benzene rings is 1. The smallest absolute Gasteiger partial charge is 0.284 e. The molecule has 17 heavy (non-hydrogen) atoms. The van der Waals surface area contributed by atoms with Crippen LogP contribution in [0.1, 0.15) is 11.3 Å². The quantitative estimate of drug-likeness (QED) is 0.615. The van der Waals surface area contributed by atoms with Crippen LogP contribution >= 0.6 is 0 Å². The van der Waals surface area contributed by atoms with Gasteiger partial charge in [0.2, 0.25) is 6.29 Å². The predicted molar refractivity (Wildman–Crippen MR) is 65.8 cm³/mol. The van der Waals surface area contributed by atoms with E-state index in [1.54, 1.807) is 0 Å². The number of carbonyl (C=O) groups excluding carboxylic acids is 2. The fourth-order valence-electron chi connectivity index (χ4n) is 2.01. The normalized spacial score (nSPS) is 10.4. The van der Waals surface area contributed by atoms with Crippen LogP contribution in [0.3, 0.4) is 0 Å². The fourth-order valence-corrected chi connectivity index (χ4v) is 2.01. The number of aldehydes is 1. The lowest BCUT2D eigenvalue weighted by Crippen LogP contribution is -2.26. The van der Waals surface area contributed by atoms with Crippen LogP contribution in [-0.4, -0.2) is 23.7 Å². The monoisotopic (exact) mass is 230 g/mol. The largest absolute Gasteiger partial charge is 0.358 e. The maximum absolute atomic E-state index is 10.8. The van der Waals surface area contributed by atoms with Gasteiger partial charge in [-0.2, -0.15) is 0 Å². The van der Waals surface area contributed by atoms with Crippen LogP contribution in [0.2, 0.25) is 0 Å². The van der Waals surface area contributed by atoms with E-state index < -0.39 is 5.91 Å². The molecule has 0 aliphatic carbocycles. The average molecular weight is 230 g/mol. The van der Waals surface area contributed by atoms with Crippen molar-refractivity contribution in [1.29, 1.82) is 0 Å². The zero-order valence-corrected chi connectivity index (χ0v) is 9.62. The van der Waals surface area contributed by atoms with Gasteiger partial charge in [-0.05, 0) is 25.0 Å². The molecule has 0 atom stereocenters. The molecule has 0 radical (unpaired) electrons. The zero-order valence-electron chi connectivity index (χ0n) is 9.62. The molecule has 2 N–H and O–H groups in total. The second-order valence-corrected chi connectivity index (χ2v) is 3.93. The third kappa shape index (κ3) is 2.36. The number of fused-ring (bicyclic) bond motifs is 1. The number of H-pyrrole nitrogens is 1. The standard InChI is InChI=1S/C13H14N2O2/c1-9-10(6-7-14-13(17)8-16)11-4-2-3-5-12(11)15-9/h2-5,8,15H,6-7H2,1H3,(H,14,17). The molecule has 1 aromatic heterocycles. The van der Waals surface area contributed by atoms with Gasteiger partial charge in [0.15, 0.2) is 0 Å². The van der Waals surface area contributed by atoms with Crippen molar-refractivity contribution in [2.75, 3.05) is 6.54 Å². The summed E-state index contributed by atoms with van der Waals surface area (Å²) < 4.78 is 0. The molecule has 4 nitrogen and oxygen atoms in total. The minimum Gasteiger partial charge on any atom is -0.358 e. The van der Waals surface area contributed by atoms with Crippen LogP contribution in [0.4, 0.5) is 0 Å². The number of hydrogen-bond acceptors (Lipinski definition) is 2. The van der Waals surface area contributed by atoms with Crippen LogP contribution < -0.4 is 5.32 Å². The summed E-state index contributed by atoms with van der Waals surface area (Å²) in [5.74, 6) is -0.567. The molecule has 0 aliphatic rings. The minimum absolute atomic E-state index is 0.294. The van der Waals surface area contributed by atoms with Crippen molar-refractivity contribution >= 4 is 23.1 Å². The third-order valence-corrected chi connectivity index (χ3v) is 2.81. The van der Waals surface area contributed by atoms with Crippen molar-refractivity contribution in [2.24, 2.45) is 0 Å². The molecule has 4 heteroatoms. The molecule has 0 fully saturated rings. The van der Waals surface area contributed by atoms with E-state index in [-0.39, 0.29) is 0 Å². The van der Waals surface area contributed by atoms with Crippen molar-refractivity contribution in [3.63, 3.8) is 0 Å². The number of para-hydroxylation sites is 1. The Morgan fingerprint density at radius 3 is 2.94 bits per heavy atom. The Kier molecular flexibility index (Phi) is 3.23. The van der Waals surface area contributed by atoms with E-state index in [1.807, 2.05) is 25.1 Å². The lowest BCUT2D eigenvalue weighted by Gasteiger charge is -2.02. The van der Waals surface area contributed by atoms with Crippen LogP contribution in [0.15, 0.2) is 24.3 Å². The number of carbonyl (C=O) groups is 2. The van der Waals surface area contributed by atoms with Crippen molar-refractivity contribution in [3.8, 4) is 0 Å². The molecule has 0 bridgehead atoms. The van der Waals surface area contributed by atoms with Crippen LogP contribution in [0.5, 0.6) is 0 Å². The minimum atomic E-state index is -0.567. The highest BCUT2D eigenvalue weighted by molar-refractivity contribution is 6.23. The first-order valence-corrected chi connectivity index (χ1v) is 5.51. The highest BCUT2D eigenvalue weighted by atomic mass is 16.2. The lowest BCUT2D eigenvalue weighted by molar-refractivity contribution is -0.131. The number of rotatable bonds is 4. The van der Waals surface area contributed by atoms with Gasteiger partial charge < -0.3 is 10.3 Å². The first kappa shape index (κ1) is 11.4. The molecule has 0 saturated heterocycles. The van der Waals surface area contributed by atoms with E-state index >= 15 is 0 Å². The Bertz CT molecular complexity index is 558. The number of aryl methyl sites for hydroxylation is 1. The third-order valence-electron chi connectivity index (χ3n) is 2.81. The second-order valence-electron chi connectivity index (χ2n) is 3.93. The van der Waals surface area contributed by atoms with E-state index in [0.717, 1.165) is 17.6 Å². The summed E-state index contributed by atoms with van der Waals surface area (Å²) in [5.41, 5.74) is 3.39. The van der Waals surface area contributed by atoms with Crippen molar-refractivity contribution in [3.05, 3.63) is 35.5 Å². The van der Waals surface area contributed by atoms with Crippen molar-refractivity contribution in [1.82, 2.24) is 10.3 Å². The van der Waals surface area contributed by atoms with Crippen molar-refractivity contribution in [2.45, 2.75) is 13.3 Å². The summed E-state index contributed by atoms with van der Waals surface area (Å²) in [6, 6.07) is 8.05. The van der Waals surface area contributed by atoms with Crippen molar-refractivity contribution < 1.29 is 9.59 Å². The van der Waals surface area contributed by atoms with Gasteiger partial charge >= 0.3 is 0 Å². The van der Waals surface area contributed by atoms with Crippen LogP contribution in [0, 0.1) is 6.92 Å². The van der Waals surface area contributed by atoms with Gasteiger partial charge in [0.25, 0.3) is 5.91 Å². The molecular formula is C13H14N2O2. The summed E-state index contributed by atoms with van der Waals surface area (Å²) in [4.78, 5) is 24.3. The number of nitrogens with one attached hydrogen (secondary N) is 2. The second kappa shape index (κ2) is 4.82. The summed E-state index contributed by atoms with van der Waals surface area (Å²) in [6.45, 7) is 2.48. The predicted octanol–water partition coefficient (Wildman–Crippen LogP) is 1.33. The first-order valence-electron chi connectivity index (χ1n) is 5.51. The zero-order chi connectivity index (χ0) is 12.3. The molecule has 0 unspecified atom stereocenters. The Morgan fingerprint density at radius 1 is 1.41 bits per heavy atom. The van der Waals surface area contributed by atoms with E-state index in [9.17, 15) is 9.59 Å². The maximum atomic E-state index is 10.8.